The summed E-state index contributed by atoms with van der Waals surface area (Å²) in [7, 11) is -3.16. The van der Waals surface area contributed by atoms with E-state index in [9.17, 15) is 28.1 Å². The number of para-hydroxylation sites is 1. The lowest BCUT2D eigenvalue weighted by Gasteiger charge is -2.38. The highest BCUT2D eigenvalue weighted by Crippen LogP contribution is 2.28. The van der Waals surface area contributed by atoms with E-state index < -0.39 is 33.2 Å². The molecule has 164 valence electrons. The fourth-order valence-electron chi connectivity index (χ4n) is 4.32. The van der Waals surface area contributed by atoms with E-state index in [-0.39, 0.29) is 41.3 Å². The van der Waals surface area contributed by atoms with E-state index in [4.69, 9.17) is 4.74 Å². The van der Waals surface area contributed by atoms with Gasteiger partial charge in [0.25, 0.3) is 11.6 Å². The van der Waals surface area contributed by atoms with Crippen LogP contribution in [0.4, 0.5) is 5.69 Å². The monoisotopic (exact) mass is 438 g/mol. The number of ether oxygens (including phenoxy) is 1. The molecule has 1 saturated carbocycles. The van der Waals surface area contributed by atoms with Gasteiger partial charge in [0.1, 0.15) is 0 Å². The van der Waals surface area contributed by atoms with Crippen LogP contribution in [-0.4, -0.2) is 60.3 Å². The third-order valence-electron chi connectivity index (χ3n) is 5.74. The summed E-state index contributed by atoms with van der Waals surface area (Å²) in [5, 5.41) is 11.1. The van der Waals surface area contributed by atoms with Gasteiger partial charge in [-0.1, -0.05) is 37.5 Å². The molecule has 0 radical (unpaired) electrons. The fraction of sp³-hybridized carbons (Fsp3) is 0.600. The molecule has 1 saturated heterocycles. The van der Waals surface area contributed by atoms with E-state index in [0.717, 1.165) is 32.1 Å². The Morgan fingerprint density at radius 2 is 1.80 bits per heavy atom. The van der Waals surface area contributed by atoms with Gasteiger partial charge in [-0.05, 0) is 19.3 Å². The van der Waals surface area contributed by atoms with Crippen LogP contribution in [0.3, 0.4) is 0 Å². The topological polar surface area (TPSA) is 124 Å². The lowest BCUT2D eigenvalue weighted by Crippen LogP contribution is -2.50. The van der Waals surface area contributed by atoms with Crippen molar-refractivity contribution >= 4 is 27.4 Å². The van der Waals surface area contributed by atoms with E-state index in [1.807, 2.05) is 0 Å². The maximum absolute atomic E-state index is 12.9. The highest BCUT2D eigenvalue weighted by Gasteiger charge is 2.38. The first-order valence-electron chi connectivity index (χ1n) is 10.2. The first kappa shape index (κ1) is 22.2. The Balaban J connectivity index is 1.64. The number of nitrogens with zero attached hydrogens (tertiary/aromatic N) is 2. The van der Waals surface area contributed by atoms with E-state index in [2.05, 4.69) is 0 Å². The number of sulfone groups is 1. The Labute approximate surface area is 175 Å². The molecule has 1 aliphatic heterocycles. The third-order valence-corrected chi connectivity index (χ3v) is 7.49. The van der Waals surface area contributed by atoms with E-state index in [1.165, 1.54) is 18.2 Å². The molecule has 30 heavy (non-hydrogen) atoms. The van der Waals surface area contributed by atoms with Crippen LogP contribution in [0.5, 0.6) is 0 Å². The molecule has 0 bridgehead atoms. The van der Waals surface area contributed by atoms with E-state index in [1.54, 1.807) is 11.0 Å². The zero-order valence-corrected chi connectivity index (χ0v) is 17.5. The minimum absolute atomic E-state index is 0.0431. The summed E-state index contributed by atoms with van der Waals surface area (Å²) in [5.74, 6) is -1.13. The van der Waals surface area contributed by atoms with Crippen molar-refractivity contribution < 1.29 is 27.7 Å². The molecule has 10 heteroatoms. The van der Waals surface area contributed by atoms with E-state index >= 15 is 0 Å². The predicted molar refractivity (Wildman–Crippen MR) is 109 cm³/mol. The first-order chi connectivity index (χ1) is 14.3. The van der Waals surface area contributed by atoms with Crippen molar-refractivity contribution in [3.63, 3.8) is 0 Å². The van der Waals surface area contributed by atoms with Crippen LogP contribution in [0.25, 0.3) is 0 Å². The molecule has 0 spiro atoms. The molecule has 1 aromatic rings. The molecule has 2 aliphatic rings. The quantitative estimate of drug-likeness (QED) is 0.362. The number of amides is 1. The van der Waals surface area contributed by atoms with Gasteiger partial charge in [-0.25, -0.2) is 8.42 Å². The van der Waals surface area contributed by atoms with Crippen molar-refractivity contribution in [1.29, 1.82) is 0 Å². The van der Waals surface area contributed by atoms with Crippen LogP contribution in [-0.2, 0) is 30.6 Å². The standard InChI is InChI=1S/C20H26N2O7S/c23-19(13-29-20(24)12-15-6-4-5-9-18(15)22(25)26)21(16-7-2-1-3-8-16)17-10-11-30(27,28)14-17/h4-6,9,16-17H,1-3,7-8,10-14H2/t17-/m0/s1. The van der Waals surface area contributed by atoms with Gasteiger partial charge in [0.2, 0.25) is 0 Å². The van der Waals surface area contributed by atoms with Crippen LogP contribution in [0.2, 0.25) is 0 Å². The smallest absolute Gasteiger partial charge is 0.311 e. The number of hydrogen-bond acceptors (Lipinski definition) is 7. The third kappa shape index (κ3) is 5.56. The number of esters is 1. The molecule has 1 atom stereocenters. The Morgan fingerprint density at radius 1 is 1.10 bits per heavy atom. The second-order valence-corrected chi connectivity index (χ2v) is 10.1. The summed E-state index contributed by atoms with van der Waals surface area (Å²) in [6.45, 7) is -0.494. The largest absolute Gasteiger partial charge is 0.455 e. The second-order valence-electron chi connectivity index (χ2n) is 7.87. The molecule has 1 heterocycles. The number of benzene rings is 1. The van der Waals surface area contributed by atoms with Gasteiger partial charge in [0, 0.05) is 23.7 Å². The second kappa shape index (κ2) is 9.55. The number of carbonyl (C=O) groups excluding carboxylic acids is 2. The van der Waals surface area contributed by atoms with Crippen LogP contribution < -0.4 is 0 Å². The molecule has 0 aromatic heterocycles. The average molecular weight is 439 g/mol. The minimum atomic E-state index is -3.16. The van der Waals surface area contributed by atoms with Gasteiger partial charge in [0.05, 0.1) is 22.8 Å². The van der Waals surface area contributed by atoms with Crippen molar-refractivity contribution in [3.05, 3.63) is 39.9 Å². The van der Waals surface area contributed by atoms with Crippen molar-refractivity contribution in [1.82, 2.24) is 4.90 Å². The van der Waals surface area contributed by atoms with Crippen molar-refractivity contribution in [2.24, 2.45) is 0 Å². The SMILES string of the molecule is O=C(Cc1ccccc1[N+](=O)[O-])OCC(=O)N(C1CCCCC1)[C@H]1CCS(=O)(=O)C1. The van der Waals surface area contributed by atoms with Gasteiger partial charge >= 0.3 is 5.97 Å². The van der Waals surface area contributed by atoms with Gasteiger partial charge in [0.15, 0.2) is 16.4 Å². The number of hydrogen-bond donors (Lipinski definition) is 0. The summed E-state index contributed by atoms with van der Waals surface area (Å²) in [5.41, 5.74) is 0.0340. The fourth-order valence-corrected chi connectivity index (χ4v) is 6.03. The molecule has 1 aliphatic carbocycles. The molecular weight excluding hydrogens is 412 g/mol. The first-order valence-corrected chi connectivity index (χ1v) is 12.0. The summed E-state index contributed by atoms with van der Waals surface area (Å²) < 4.78 is 29.0. The average Bonchev–Trinajstić information content (AvgIpc) is 3.07. The maximum atomic E-state index is 12.9. The van der Waals surface area contributed by atoms with Crippen molar-refractivity contribution in [2.45, 2.75) is 57.0 Å². The molecule has 0 unspecified atom stereocenters. The summed E-state index contributed by atoms with van der Waals surface area (Å²) >= 11 is 0. The molecule has 3 rings (SSSR count). The van der Waals surface area contributed by atoms with Crippen molar-refractivity contribution in [3.8, 4) is 0 Å². The zero-order valence-electron chi connectivity index (χ0n) is 16.7. The van der Waals surface area contributed by atoms with E-state index in [0.29, 0.717) is 6.42 Å². The number of nitro groups is 1. The van der Waals surface area contributed by atoms with Gasteiger partial charge in [-0.15, -0.1) is 0 Å². The Morgan fingerprint density at radius 3 is 2.43 bits per heavy atom. The highest BCUT2D eigenvalue weighted by molar-refractivity contribution is 7.91. The molecule has 1 aromatic carbocycles. The molecule has 0 N–H and O–H groups in total. The lowest BCUT2D eigenvalue weighted by molar-refractivity contribution is -0.385. The summed E-state index contributed by atoms with van der Waals surface area (Å²) in [4.78, 5) is 37.3. The zero-order chi connectivity index (χ0) is 21.7. The number of carbonyl (C=O) groups is 2. The van der Waals surface area contributed by atoms with Crippen molar-refractivity contribution in [2.75, 3.05) is 18.1 Å². The maximum Gasteiger partial charge on any atom is 0.311 e. The van der Waals surface area contributed by atoms with Crippen LogP contribution >= 0.6 is 0 Å². The molecule has 9 nitrogen and oxygen atoms in total. The summed E-state index contributed by atoms with van der Waals surface area (Å²) in [6, 6.07) is 5.44. The highest BCUT2D eigenvalue weighted by atomic mass is 32.2. The Kier molecular flexibility index (Phi) is 7.06. The number of nitro benzene ring substituents is 1. The number of rotatable bonds is 7. The Hall–Kier alpha value is -2.49. The van der Waals surface area contributed by atoms with Gasteiger partial charge in [-0.2, -0.15) is 0 Å². The predicted octanol–water partition coefficient (Wildman–Crippen LogP) is 2.03. The lowest BCUT2D eigenvalue weighted by atomic mass is 9.93. The van der Waals surface area contributed by atoms with Gasteiger partial charge in [-0.3, -0.25) is 19.7 Å². The van der Waals surface area contributed by atoms with Gasteiger partial charge < -0.3 is 9.64 Å². The Bertz CT molecular complexity index is 909. The molecule has 2 fully saturated rings. The minimum Gasteiger partial charge on any atom is -0.455 e. The molecule has 1 amide bonds. The van der Waals surface area contributed by atoms with Crippen LogP contribution in [0, 0.1) is 10.1 Å². The van der Waals surface area contributed by atoms with Crippen LogP contribution in [0.15, 0.2) is 24.3 Å². The molecular formula is C20H26N2O7S. The van der Waals surface area contributed by atoms with Crippen LogP contribution in [0.1, 0.15) is 44.1 Å². The summed E-state index contributed by atoms with van der Waals surface area (Å²) in [6.07, 6.45) is 4.75. The normalized spacial score (nSPS) is 21.1.